The van der Waals surface area contributed by atoms with Gasteiger partial charge in [0, 0.05) is 44.0 Å². The topological polar surface area (TPSA) is 28.2 Å². The van der Waals surface area contributed by atoms with Gasteiger partial charge in [0.05, 0.1) is 0 Å². The molecule has 1 atom stereocenters. The molecule has 3 nitrogen and oxygen atoms in total. The molecule has 106 valence electrons. The predicted molar refractivity (Wildman–Crippen MR) is 80.5 cm³/mol. The molecule has 2 rings (SSSR count). The third kappa shape index (κ3) is 4.16. The number of halogens is 1. The lowest BCUT2D eigenvalue weighted by Gasteiger charge is -2.35. The molecular weight excluding hydrogens is 258 g/mol. The summed E-state index contributed by atoms with van der Waals surface area (Å²) >= 11 is 6.30. The standard InChI is InChI=1S/C15H24ClN3/c1-12(2)5-6-14(19-10-8-17-9-11-19)13-4-3-7-18-15(13)16/h3-4,7,12,14,17H,5-6,8-11H2,1-2H3/t14-/m0/s1. The highest BCUT2D eigenvalue weighted by molar-refractivity contribution is 6.30. The molecule has 1 aliphatic heterocycles. The van der Waals surface area contributed by atoms with Crippen LogP contribution in [0, 0.1) is 5.92 Å². The zero-order valence-electron chi connectivity index (χ0n) is 11.9. The van der Waals surface area contributed by atoms with Gasteiger partial charge in [-0.05, 0) is 24.8 Å². The normalized spacial score (nSPS) is 18.7. The number of aromatic nitrogens is 1. The maximum atomic E-state index is 6.30. The van der Waals surface area contributed by atoms with Gasteiger partial charge in [0.2, 0.25) is 0 Å². The number of rotatable bonds is 5. The third-order valence-electron chi connectivity index (χ3n) is 3.76. The summed E-state index contributed by atoms with van der Waals surface area (Å²) in [5, 5.41) is 4.07. The highest BCUT2D eigenvalue weighted by Gasteiger charge is 2.24. The van der Waals surface area contributed by atoms with Gasteiger partial charge in [-0.15, -0.1) is 0 Å². The molecule has 0 unspecified atom stereocenters. The number of hydrogen-bond acceptors (Lipinski definition) is 3. The molecule has 1 aromatic rings. The second-order valence-electron chi connectivity index (χ2n) is 5.66. The fourth-order valence-electron chi connectivity index (χ4n) is 2.67. The van der Waals surface area contributed by atoms with Crippen LogP contribution in [0.4, 0.5) is 0 Å². The van der Waals surface area contributed by atoms with Crippen LogP contribution >= 0.6 is 11.6 Å². The lowest BCUT2D eigenvalue weighted by atomic mass is 9.97. The summed E-state index contributed by atoms with van der Waals surface area (Å²) in [4.78, 5) is 6.79. The fraction of sp³-hybridized carbons (Fsp3) is 0.667. The molecule has 1 N–H and O–H groups in total. The molecule has 1 saturated heterocycles. The Morgan fingerprint density at radius 2 is 2.05 bits per heavy atom. The zero-order valence-corrected chi connectivity index (χ0v) is 12.7. The number of pyridine rings is 1. The van der Waals surface area contributed by atoms with E-state index in [4.69, 9.17) is 11.6 Å². The monoisotopic (exact) mass is 281 g/mol. The van der Waals surface area contributed by atoms with Crippen molar-refractivity contribution in [3.8, 4) is 0 Å². The van der Waals surface area contributed by atoms with E-state index >= 15 is 0 Å². The van der Waals surface area contributed by atoms with E-state index < -0.39 is 0 Å². The molecule has 1 aromatic heterocycles. The highest BCUT2D eigenvalue weighted by Crippen LogP contribution is 2.31. The van der Waals surface area contributed by atoms with Crippen molar-refractivity contribution in [2.24, 2.45) is 5.92 Å². The van der Waals surface area contributed by atoms with Gasteiger partial charge >= 0.3 is 0 Å². The van der Waals surface area contributed by atoms with Crippen LogP contribution in [0.15, 0.2) is 18.3 Å². The molecule has 0 radical (unpaired) electrons. The van der Waals surface area contributed by atoms with Gasteiger partial charge in [-0.1, -0.05) is 31.5 Å². The Labute approximate surface area is 121 Å². The molecule has 1 aliphatic rings. The zero-order chi connectivity index (χ0) is 13.7. The predicted octanol–water partition coefficient (Wildman–Crippen LogP) is 3.12. The summed E-state index contributed by atoms with van der Waals surface area (Å²) in [5.74, 6) is 0.723. The van der Waals surface area contributed by atoms with E-state index in [0.29, 0.717) is 11.2 Å². The van der Waals surface area contributed by atoms with Gasteiger partial charge in [-0.25, -0.2) is 4.98 Å². The molecule has 0 aliphatic carbocycles. The van der Waals surface area contributed by atoms with Gasteiger partial charge in [-0.2, -0.15) is 0 Å². The Kier molecular flexibility index (Phi) is 5.61. The molecular formula is C15H24ClN3. The van der Waals surface area contributed by atoms with Gasteiger partial charge in [0.25, 0.3) is 0 Å². The minimum Gasteiger partial charge on any atom is -0.314 e. The second kappa shape index (κ2) is 7.22. The SMILES string of the molecule is CC(C)CC[C@@H](c1cccnc1Cl)N1CCNCC1. The van der Waals surface area contributed by atoms with Crippen molar-refractivity contribution in [3.63, 3.8) is 0 Å². The quantitative estimate of drug-likeness (QED) is 0.841. The largest absolute Gasteiger partial charge is 0.314 e. The van der Waals surface area contributed by atoms with Crippen LogP contribution in [0.3, 0.4) is 0 Å². The van der Waals surface area contributed by atoms with Crippen LogP contribution in [-0.4, -0.2) is 36.1 Å². The van der Waals surface area contributed by atoms with Crippen molar-refractivity contribution < 1.29 is 0 Å². The lowest BCUT2D eigenvalue weighted by Crippen LogP contribution is -2.45. The summed E-state index contributed by atoms with van der Waals surface area (Å²) in [5.41, 5.74) is 1.19. The van der Waals surface area contributed by atoms with Crippen molar-refractivity contribution >= 4 is 11.6 Å². The van der Waals surface area contributed by atoms with Crippen LogP contribution in [-0.2, 0) is 0 Å². The summed E-state index contributed by atoms with van der Waals surface area (Å²) in [7, 11) is 0. The maximum Gasteiger partial charge on any atom is 0.133 e. The maximum absolute atomic E-state index is 6.30. The lowest BCUT2D eigenvalue weighted by molar-refractivity contribution is 0.159. The molecule has 0 saturated carbocycles. The first-order valence-electron chi connectivity index (χ1n) is 7.23. The van der Waals surface area contributed by atoms with Crippen LogP contribution in [0.2, 0.25) is 5.15 Å². The number of nitrogens with one attached hydrogen (secondary N) is 1. The van der Waals surface area contributed by atoms with Crippen LogP contribution in [0.25, 0.3) is 0 Å². The van der Waals surface area contributed by atoms with Gasteiger partial charge in [-0.3, -0.25) is 4.90 Å². The number of nitrogens with zero attached hydrogens (tertiary/aromatic N) is 2. The molecule has 2 heterocycles. The fourth-order valence-corrected chi connectivity index (χ4v) is 2.91. The Hall–Kier alpha value is -0.640. The van der Waals surface area contributed by atoms with Crippen molar-refractivity contribution in [1.29, 1.82) is 0 Å². The average Bonchev–Trinajstić information content (AvgIpc) is 2.42. The molecule has 1 fully saturated rings. The summed E-state index contributed by atoms with van der Waals surface area (Å²) in [6, 6.07) is 4.53. The second-order valence-corrected chi connectivity index (χ2v) is 6.01. The van der Waals surface area contributed by atoms with Crippen LogP contribution in [0.5, 0.6) is 0 Å². The Morgan fingerprint density at radius 1 is 1.32 bits per heavy atom. The molecule has 0 aromatic carbocycles. The molecule has 4 heteroatoms. The first-order valence-corrected chi connectivity index (χ1v) is 7.61. The van der Waals surface area contributed by atoms with E-state index in [1.54, 1.807) is 6.20 Å². The summed E-state index contributed by atoms with van der Waals surface area (Å²) in [6.45, 7) is 8.87. The Morgan fingerprint density at radius 3 is 2.68 bits per heavy atom. The number of piperazine rings is 1. The first kappa shape index (κ1) is 14.8. The van der Waals surface area contributed by atoms with E-state index in [-0.39, 0.29) is 0 Å². The van der Waals surface area contributed by atoms with Crippen LogP contribution < -0.4 is 5.32 Å². The first-order chi connectivity index (χ1) is 9.18. The Bertz CT molecular complexity index is 389. The third-order valence-corrected chi connectivity index (χ3v) is 4.07. The van der Waals surface area contributed by atoms with Crippen molar-refractivity contribution in [2.75, 3.05) is 26.2 Å². The van der Waals surface area contributed by atoms with E-state index in [1.165, 1.54) is 12.0 Å². The van der Waals surface area contributed by atoms with Gasteiger partial charge in [0.1, 0.15) is 5.15 Å². The van der Waals surface area contributed by atoms with E-state index in [9.17, 15) is 0 Å². The highest BCUT2D eigenvalue weighted by atomic mass is 35.5. The molecule has 0 amide bonds. The van der Waals surface area contributed by atoms with Crippen molar-refractivity contribution in [1.82, 2.24) is 15.2 Å². The van der Waals surface area contributed by atoms with Crippen molar-refractivity contribution in [3.05, 3.63) is 29.0 Å². The summed E-state index contributed by atoms with van der Waals surface area (Å²) in [6.07, 6.45) is 4.14. The van der Waals surface area contributed by atoms with Gasteiger partial charge < -0.3 is 5.32 Å². The number of hydrogen-bond donors (Lipinski definition) is 1. The summed E-state index contributed by atoms with van der Waals surface area (Å²) < 4.78 is 0. The minimum absolute atomic E-state index is 0.408. The van der Waals surface area contributed by atoms with Crippen LogP contribution in [0.1, 0.15) is 38.3 Å². The molecule has 19 heavy (non-hydrogen) atoms. The Balaban J connectivity index is 2.15. The average molecular weight is 282 g/mol. The molecule has 0 spiro atoms. The minimum atomic E-state index is 0.408. The van der Waals surface area contributed by atoms with Gasteiger partial charge in [0.15, 0.2) is 0 Å². The van der Waals surface area contributed by atoms with Crippen molar-refractivity contribution in [2.45, 2.75) is 32.7 Å². The van der Waals surface area contributed by atoms with E-state index in [0.717, 1.165) is 38.5 Å². The van der Waals surface area contributed by atoms with E-state index in [1.807, 2.05) is 6.07 Å². The van der Waals surface area contributed by atoms with E-state index in [2.05, 4.69) is 35.1 Å². The smallest absolute Gasteiger partial charge is 0.133 e. The molecule has 0 bridgehead atoms.